The summed E-state index contributed by atoms with van der Waals surface area (Å²) in [6.45, 7) is 6.23. The van der Waals surface area contributed by atoms with E-state index in [1.54, 1.807) is 60.7 Å². The smallest absolute Gasteiger partial charge is 0.338 e. The normalized spacial score (nSPS) is 21.9. The molecule has 8 nitrogen and oxygen atoms in total. The predicted octanol–water partition coefficient (Wildman–Crippen LogP) is 4.09. The van der Waals surface area contributed by atoms with Crippen molar-refractivity contribution in [1.82, 2.24) is 0 Å². The van der Waals surface area contributed by atoms with Crippen molar-refractivity contribution in [3.05, 3.63) is 132 Å². The highest BCUT2D eigenvalue weighted by Gasteiger charge is 2.53. The molecule has 0 radical (unpaired) electrons. The predicted molar refractivity (Wildman–Crippen MR) is 172 cm³/mol. The van der Waals surface area contributed by atoms with Crippen LogP contribution in [0.25, 0.3) is 0 Å². The highest BCUT2D eigenvalue weighted by Crippen LogP contribution is 2.37. The summed E-state index contributed by atoms with van der Waals surface area (Å²) < 4.78 is 24.2. The average molecular weight is 627 g/mol. The van der Waals surface area contributed by atoms with Gasteiger partial charge in [-0.2, -0.15) is 0 Å². The number of hydrogen-bond acceptors (Lipinski definition) is 8. The molecule has 0 bridgehead atoms. The van der Waals surface area contributed by atoms with Crippen LogP contribution in [0.5, 0.6) is 0 Å². The Bertz CT molecular complexity index is 1500. The van der Waals surface area contributed by atoms with E-state index in [0.717, 1.165) is 10.4 Å². The Balaban J connectivity index is 1.46. The molecule has 45 heavy (non-hydrogen) atoms. The van der Waals surface area contributed by atoms with E-state index in [0.29, 0.717) is 0 Å². The molecule has 1 aliphatic heterocycles. The number of aliphatic hydroxyl groups is 2. The molecule has 5 rings (SSSR count). The van der Waals surface area contributed by atoms with Gasteiger partial charge in [0.25, 0.3) is 8.32 Å². The Morgan fingerprint density at radius 3 is 1.49 bits per heavy atom. The van der Waals surface area contributed by atoms with E-state index in [-0.39, 0.29) is 22.8 Å². The summed E-state index contributed by atoms with van der Waals surface area (Å²) in [4.78, 5) is 26.2. The van der Waals surface area contributed by atoms with Gasteiger partial charge in [-0.15, -0.1) is 0 Å². The summed E-state index contributed by atoms with van der Waals surface area (Å²) in [7, 11) is -3.04. The SMILES string of the molecule is CC(C)(C)[Si](OC[C@H]1O[C@@H](O)[C@H](OC(=O)c2ccccc2)[C@@H](OC(=O)c2ccccc2)[C@H]1O)(c1ccccc1)c1ccccc1. The molecule has 4 aromatic carbocycles. The van der Waals surface area contributed by atoms with Gasteiger partial charge in [-0.05, 0) is 39.7 Å². The number of rotatable bonds is 9. The molecule has 4 aromatic rings. The highest BCUT2D eigenvalue weighted by atomic mass is 28.4. The van der Waals surface area contributed by atoms with Crippen molar-refractivity contribution in [3.8, 4) is 0 Å². The number of hydrogen-bond donors (Lipinski definition) is 2. The molecule has 2 N–H and O–H groups in total. The highest BCUT2D eigenvalue weighted by molar-refractivity contribution is 6.99. The topological polar surface area (TPSA) is 112 Å². The lowest BCUT2D eigenvalue weighted by Gasteiger charge is -2.46. The molecule has 0 spiro atoms. The third kappa shape index (κ3) is 6.93. The van der Waals surface area contributed by atoms with Gasteiger partial charge in [0.2, 0.25) is 0 Å². The Labute approximate surface area is 264 Å². The second-order valence-electron chi connectivity index (χ2n) is 12.0. The fraction of sp³-hybridized carbons (Fsp3) is 0.278. The standard InChI is InChI=1S/C36H38O8Si/c1-36(2,3)45(27-20-12-6-13-21-27,28-22-14-7-15-23-28)41-24-29-30(37)31(43-33(38)25-16-8-4-9-17-25)32(35(40)42-29)44-34(39)26-18-10-5-11-19-26/h4-23,29-32,35,37,40H,24H2,1-3H3/t29-,30+,31+,32-,35-/m1/s1. The lowest BCUT2D eigenvalue weighted by atomic mass is 9.98. The zero-order valence-electron chi connectivity index (χ0n) is 25.5. The molecule has 234 valence electrons. The van der Waals surface area contributed by atoms with Gasteiger partial charge in [-0.3, -0.25) is 0 Å². The van der Waals surface area contributed by atoms with E-state index in [4.69, 9.17) is 18.6 Å². The molecule has 1 aliphatic rings. The fourth-order valence-electron chi connectivity index (χ4n) is 5.81. The van der Waals surface area contributed by atoms with Gasteiger partial charge in [0.1, 0.15) is 12.2 Å². The number of carbonyl (C=O) groups is 2. The Morgan fingerprint density at radius 2 is 1.07 bits per heavy atom. The first kappa shape index (κ1) is 32.3. The third-order valence-corrected chi connectivity index (χ3v) is 13.0. The summed E-state index contributed by atoms with van der Waals surface area (Å²) in [6, 6.07) is 36.4. The number of ether oxygens (including phenoxy) is 3. The van der Waals surface area contributed by atoms with Crippen LogP contribution in [-0.2, 0) is 18.6 Å². The molecule has 9 heteroatoms. The maximum atomic E-state index is 13.2. The van der Waals surface area contributed by atoms with Crippen molar-refractivity contribution >= 4 is 30.6 Å². The van der Waals surface area contributed by atoms with Gasteiger partial charge >= 0.3 is 11.9 Å². The minimum absolute atomic E-state index is 0.135. The van der Waals surface area contributed by atoms with E-state index >= 15 is 0 Å². The van der Waals surface area contributed by atoms with Crippen molar-refractivity contribution in [2.45, 2.75) is 56.5 Å². The summed E-state index contributed by atoms with van der Waals surface area (Å²) >= 11 is 0. The lowest BCUT2D eigenvalue weighted by molar-refractivity contribution is -0.284. The van der Waals surface area contributed by atoms with Crippen molar-refractivity contribution in [2.24, 2.45) is 0 Å². The Hall–Kier alpha value is -4.12. The third-order valence-electron chi connectivity index (χ3n) is 8.02. The van der Waals surface area contributed by atoms with Crippen LogP contribution in [-0.4, -0.2) is 67.8 Å². The molecular weight excluding hydrogens is 588 g/mol. The van der Waals surface area contributed by atoms with Crippen molar-refractivity contribution in [2.75, 3.05) is 6.61 Å². The minimum atomic E-state index is -3.04. The Morgan fingerprint density at radius 1 is 0.667 bits per heavy atom. The van der Waals surface area contributed by atoms with Crippen LogP contribution in [0, 0.1) is 0 Å². The van der Waals surface area contributed by atoms with E-state index in [1.165, 1.54) is 0 Å². The van der Waals surface area contributed by atoms with E-state index < -0.39 is 51.0 Å². The first-order chi connectivity index (χ1) is 21.6. The zero-order chi connectivity index (χ0) is 32.0. The maximum absolute atomic E-state index is 13.2. The molecule has 0 saturated carbocycles. The number of esters is 2. The molecular formula is C36H38O8Si. The molecule has 0 aromatic heterocycles. The van der Waals surface area contributed by atoms with Gasteiger partial charge in [-0.25, -0.2) is 9.59 Å². The van der Waals surface area contributed by atoms with Crippen LogP contribution in [0.2, 0.25) is 5.04 Å². The average Bonchev–Trinajstić information content (AvgIpc) is 3.06. The van der Waals surface area contributed by atoms with Gasteiger partial charge in [0, 0.05) is 0 Å². The number of benzene rings is 4. The molecule has 0 aliphatic carbocycles. The Kier molecular flexibility index (Phi) is 9.96. The molecule has 0 amide bonds. The largest absolute Gasteiger partial charge is 0.452 e. The first-order valence-corrected chi connectivity index (χ1v) is 16.8. The van der Waals surface area contributed by atoms with Gasteiger partial charge in [0.05, 0.1) is 17.7 Å². The second kappa shape index (κ2) is 13.9. The van der Waals surface area contributed by atoms with E-state index in [2.05, 4.69) is 20.8 Å². The quantitative estimate of drug-likeness (QED) is 0.211. The molecule has 1 saturated heterocycles. The van der Waals surface area contributed by atoms with Crippen LogP contribution in [0.4, 0.5) is 0 Å². The molecule has 0 unspecified atom stereocenters. The van der Waals surface area contributed by atoms with Gasteiger partial charge < -0.3 is 28.8 Å². The van der Waals surface area contributed by atoms with Gasteiger partial charge in [-0.1, -0.05) is 118 Å². The van der Waals surface area contributed by atoms with E-state index in [9.17, 15) is 19.8 Å². The molecule has 5 atom stereocenters. The maximum Gasteiger partial charge on any atom is 0.338 e. The van der Waals surface area contributed by atoms with Crippen molar-refractivity contribution < 1.29 is 38.4 Å². The molecule has 1 fully saturated rings. The van der Waals surface area contributed by atoms with Crippen LogP contribution in [0.1, 0.15) is 41.5 Å². The minimum Gasteiger partial charge on any atom is -0.452 e. The molecule has 1 heterocycles. The van der Waals surface area contributed by atoms with Gasteiger partial charge in [0.15, 0.2) is 18.5 Å². The summed E-state index contributed by atoms with van der Waals surface area (Å²) in [6.07, 6.45) is -7.32. The van der Waals surface area contributed by atoms with Crippen molar-refractivity contribution in [1.29, 1.82) is 0 Å². The van der Waals surface area contributed by atoms with Crippen LogP contribution in [0.3, 0.4) is 0 Å². The zero-order valence-corrected chi connectivity index (χ0v) is 26.5. The number of aliphatic hydroxyl groups excluding tert-OH is 2. The van der Waals surface area contributed by atoms with Crippen LogP contribution >= 0.6 is 0 Å². The number of carbonyl (C=O) groups excluding carboxylic acids is 2. The fourth-order valence-corrected chi connectivity index (χ4v) is 10.4. The summed E-state index contributed by atoms with van der Waals surface area (Å²) in [5.74, 6) is -1.51. The summed E-state index contributed by atoms with van der Waals surface area (Å²) in [5.41, 5.74) is 0.461. The monoisotopic (exact) mass is 626 g/mol. The van der Waals surface area contributed by atoms with Crippen molar-refractivity contribution in [3.63, 3.8) is 0 Å². The summed E-state index contributed by atoms with van der Waals surface area (Å²) in [5, 5.41) is 24.5. The first-order valence-electron chi connectivity index (χ1n) is 14.9. The lowest BCUT2D eigenvalue weighted by Crippen LogP contribution is -2.68. The van der Waals surface area contributed by atoms with E-state index in [1.807, 2.05) is 60.7 Å². The van der Waals surface area contributed by atoms with Crippen LogP contribution < -0.4 is 10.4 Å². The second-order valence-corrected chi connectivity index (χ2v) is 16.3. The van der Waals surface area contributed by atoms with Crippen LogP contribution in [0.15, 0.2) is 121 Å².